The van der Waals surface area contributed by atoms with Gasteiger partial charge in [0.25, 0.3) is 11.1 Å². The van der Waals surface area contributed by atoms with E-state index in [1.165, 1.54) is 0 Å². The highest BCUT2D eigenvalue weighted by Crippen LogP contribution is 2.31. The molecule has 1 saturated heterocycles. The van der Waals surface area contributed by atoms with E-state index in [9.17, 15) is 9.59 Å². The van der Waals surface area contributed by atoms with Crippen molar-refractivity contribution in [1.29, 1.82) is 0 Å². The van der Waals surface area contributed by atoms with Gasteiger partial charge in [0.15, 0.2) is 0 Å². The first kappa shape index (κ1) is 17.2. The van der Waals surface area contributed by atoms with Crippen LogP contribution in [0.15, 0.2) is 53.6 Å². The molecule has 4 rings (SSSR count). The summed E-state index contributed by atoms with van der Waals surface area (Å²) in [6.45, 7) is 0.500. The highest BCUT2D eigenvalue weighted by Gasteiger charge is 2.25. The first-order valence-electron chi connectivity index (χ1n) is 7.78. The first-order chi connectivity index (χ1) is 12.5. The molecule has 1 aliphatic heterocycles. The van der Waals surface area contributed by atoms with Crippen molar-refractivity contribution in [1.82, 2.24) is 9.88 Å². The number of amides is 2. The number of carbonyl (C=O) groups is 2. The van der Waals surface area contributed by atoms with Crippen LogP contribution in [-0.2, 0) is 11.3 Å². The van der Waals surface area contributed by atoms with Gasteiger partial charge >= 0.3 is 0 Å². The molecule has 2 aromatic carbocycles. The van der Waals surface area contributed by atoms with E-state index in [-0.39, 0.29) is 11.1 Å². The van der Waals surface area contributed by atoms with Crippen LogP contribution in [0.5, 0.6) is 0 Å². The van der Waals surface area contributed by atoms with Crippen LogP contribution >= 0.6 is 35.0 Å². The SMILES string of the molecule is O=C1NC(=O)/C(=C\c2cn(Cc3c(Cl)cccc3Cl)c3ccccc23)S1. The standard InChI is InChI=1S/C19H12Cl2N2O2S/c20-14-5-3-6-15(21)13(14)10-23-9-11(12-4-1-2-7-16(12)23)8-17-18(24)22-19(25)26-17/h1-9H,10H2,(H,22,24,25)/b17-8+. The van der Waals surface area contributed by atoms with Crippen molar-refractivity contribution in [2.24, 2.45) is 0 Å². The first-order valence-corrected chi connectivity index (χ1v) is 9.36. The van der Waals surface area contributed by atoms with Crippen molar-refractivity contribution in [2.45, 2.75) is 6.54 Å². The van der Waals surface area contributed by atoms with Crippen molar-refractivity contribution < 1.29 is 9.59 Å². The van der Waals surface area contributed by atoms with Crippen LogP contribution in [0.25, 0.3) is 17.0 Å². The fraction of sp³-hybridized carbons (Fsp3) is 0.0526. The van der Waals surface area contributed by atoms with Crippen molar-refractivity contribution in [2.75, 3.05) is 0 Å². The summed E-state index contributed by atoms with van der Waals surface area (Å²) >= 11 is 13.5. The molecule has 130 valence electrons. The maximum atomic E-state index is 11.8. The Bertz CT molecular complexity index is 1070. The number of aromatic nitrogens is 1. The monoisotopic (exact) mass is 402 g/mol. The summed E-state index contributed by atoms with van der Waals surface area (Å²) in [7, 11) is 0. The number of rotatable bonds is 3. The van der Waals surface area contributed by atoms with E-state index in [0.717, 1.165) is 33.8 Å². The smallest absolute Gasteiger partial charge is 0.290 e. The lowest BCUT2D eigenvalue weighted by Crippen LogP contribution is -2.17. The normalized spacial score (nSPS) is 15.8. The lowest BCUT2D eigenvalue weighted by molar-refractivity contribution is -0.115. The van der Waals surface area contributed by atoms with Gasteiger partial charge in [-0.15, -0.1) is 0 Å². The van der Waals surface area contributed by atoms with Gasteiger partial charge in [0.1, 0.15) is 0 Å². The predicted molar refractivity (Wildman–Crippen MR) is 107 cm³/mol. The van der Waals surface area contributed by atoms with Crippen molar-refractivity contribution in [3.05, 3.63) is 74.7 Å². The number of hydrogen-bond acceptors (Lipinski definition) is 3. The minimum absolute atomic E-state index is 0.354. The predicted octanol–water partition coefficient (Wildman–Crippen LogP) is 5.32. The summed E-state index contributed by atoms with van der Waals surface area (Å²) in [6.07, 6.45) is 3.67. The molecule has 26 heavy (non-hydrogen) atoms. The molecule has 1 N–H and O–H groups in total. The van der Waals surface area contributed by atoms with Crippen LogP contribution in [0.4, 0.5) is 4.79 Å². The third kappa shape index (κ3) is 3.14. The fourth-order valence-electron chi connectivity index (χ4n) is 2.94. The molecule has 0 aliphatic carbocycles. The zero-order chi connectivity index (χ0) is 18.3. The quantitative estimate of drug-likeness (QED) is 0.603. The van der Waals surface area contributed by atoms with Crippen LogP contribution in [-0.4, -0.2) is 15.7 Å². The summed E-state index contributed by atoms with van der Waals surface area (Å²) in [5.74, 6) is -0.369. The summed E-state index contributed by atoms with van der Waals surface area (Å²) in [5, 5.41) is 4.11. The molecule has 0 saturated carbocycles. The highest BCUT2D eigenvalue weighted by molar-refractivity contribution is 8.18. The molecule has 2 heterocycles. The van der Waals surface area contributed by atoms with Crippen LogP contribution < -0.4 is 5.32 Å². The van der Waals surface area contributed by atoms with E-state index in [0.29, 0.717) is 21.5 Å². The number of benzene rings is 2. The Balaban J connectivity index is 1.81. The van der Waals surface area contributed by atoms with Gasteiger partial charge in [-0.3, -0.25) is 14.9 Å². The second-order valence-electron chi connectivity index (χ2n) is 5.78. The number of hydrogen-bond donors (Lipinski definition) is 1. The van der Waals surface area contributed by atoms with Crippen LogP contribution in [0, 0.1) is 0 Å². The van der Waals surface area contributed by atoms with Gasteiger partial charge in [-0.2, -0.15) is 0 Å². The second-order valence-corrected chi connectivity index (χ2v) is 7.61. The molecule has 0 atom stereocenters. The van der Waals surface area contributed by atoms with Crippen molar-refractivity contribution >= 4 is 63.1 Å². The summed E-state index contributed by atoms with van der Waals surface area (Å²) in [5.41, 5.74) is 2.68. The van der Waals surface area contributed by atoms with E-state index < -0.39 is 0 Å². The number of nitrogens with one attached hydrogen (secondary N) is 1. The van der Waals surface area contributed by atoms with E-state index >= 15 is 0 Å². The van der Waals surface area contributed by atoms with E-state index in [1.54, 1.807) is 6.08 Å². The van der Waals surface area contributed by atoms with Crippen molar-refractivity contribution in [3.8, 4) is 0 Å². The molecule has 4 nitrogen and oxygen atoms in total. The van der Waals surface area contributed by atoms with Crippen molar-refractivity contribution in [3.63, 3.8) is 0 Å². The molecule has 3 aromatic rings. The third-order valence-electron chi connectivity index (χ3n) is 4.14. The minimum Gasteiger partial charge on any atom is -0.342 e. The molecule has 1 aromatic heterocycles. The maximum absolute atomic E-state index is 11.8. The van der Waals surface area contributed by atoms with Gasteiger partial charge in [0.05, 0.1) is 11.4 Å². The molecular formula is C19H12Cl2N2O2S. The average Bonchev–Trinajstić information content (AvgIpc) is 3.11. The Morgan fingerprint density at radius 1 is 1.04 bits per heavy atom. The van der Waals surface area contributed by atoms with Crippen LogP contribution in [0.3, 0.4) is 0 Å². The number of nitrogens with zero attached hydrogens (tertiary/aromatic N) is 1. The van der Waals surface area contributed by atoms with Gasteiger partial charge in [-0.25, -0.2) is 0 Å². The largest absolute Gasteiger partial charge is 0.342 e. The topological polar surface area (TPSA) is 51.1 Å². The summed E-state index contributed by atoms with van der Waals surface area (Å²) in [6, 6.07) is 13.3. The third-order valence-corrected chi connectivity index (χ3v) is 5.66. The Hall–Kier alpha value is -2.21. The summed E-state index contributed by atoms with van der Waals surface area (Å²) in [4.78, 5) is 23.6. The van der Waals surface area contributed by atoms with E-state index in [1.807, 2.05) is 53.2 Å². The Labute approximate surface area is 163 Å². The molecule has 7 heteroatoms. The highest BCUT2D eigenvalue weighted by atomic mass is 35.5. The van der Waals surface area contributed by atoms with Gasteiger partial charge in [0.2, 0.25) is 0 Å². The lowest BCUT2D eigenvalue weighted by Gasteiger charge is -2.09. The number of thioether (sulfide) groups is 1. The Morgan fingerprint density at radius 2 is 1.77 bits per heavy atom. The Kier molecular flexibility index (Phi) is 4.53. The fourth-order valence-corrected chi connectivity index (χ4v) is 4.13. The van der Waals surface area contributed by atoms with Crippen LogP contribution in [0.1, 0.15) is 11.1 Å². The van der Waals surface area contributed by atoms with Gasteiger partial charge in [-0.1, -0.05) is 47.5 Å². The molecule has 0 bridgehead atoms. The van der Waals surface area contributed by atoms with Gasteiger partial charge in [-0.05, 0) is 36.0 Å². The van der Waals surface area contributed by atoms with Gasteiger partial charge < -0.3 is 4.57 Å². The summed E-state index contributed by atoms with van der Waals surface area (Å²) < 4.78 is 2.04. The number of halogens is 2. The molecule has 1 fully saturated rings. The van der Waals surface area contributed by atoms with E-state index in [4.69, 9.17) is 23.2 Å². The average molecular weight is 403 g/mol. The molecule has 1 aliphatic rings. The molecule has 0 radical (unpaired) electrons. The van der Waals surface area contributed by atoms with Crippen LogP contribution in [0.2, 0.25) is 10.0 Å². The maximum Gasteiger partial charge on any atom is 0.290 e. The zero-order valence-electron chi connectivity index (χ0n) is 13.3. The second kappa shape index (κ2) is 6.83. The molecular weight excluding hydrogens is 391 g/mol. The minimum atomic E-state index is -0.369. The van der Waals surface area contributed by atoms with E-state index in [2.05, 4.69) is 5.32 Å². The molecule has 0 spiro atoms. The lowest BCUT2D eigenvalue weighted by atomic mass is 10.1. The molecule has 0 unspecified atom stereocenters. The number of imide groups is 1. The molecule has 2 amide bonds. The number of carbonyl (C=O) groups excluding carboxylic acids is 2. The Morgan fingerprint density at radius 3 is 2.46 bits per heavy atom. The number of para-hydroxylation sites is 1. The zero-order valence-corrected chi connectivity index (χ0v) is 15.7. The number of fused-ring (bicyclic) bond motifs is 1. The van der Waals surface area contributed by atoms with Gasteiger partial charge in [0, 0.05) is 38.3 Å².